The third-order valence-corrected chi connectivity index (χ3v) is 5.18. The van der Waals surface area contributed by atoms with Crippen molar-refractivity contribution < 1.29 is 13.6 Å². The van der Waals surface area contributed by atoms with Gasteiger partial charge in [-0.3, -0.25) is 4.79 Å². The van der Waals surface area contributed by atoms with Crippen molar-refractivity contribution in [1.29, 1.82) is 0 Å². The van der Waals surface area contributed by atoms with Gasteiger partial charge in [0.05, 0.1) is 12.8 Å². The van der Waals surface area contributed by atoms with Gasteiger partial charge in [-0.2, -0.15) is 0 Å². The van der Waals surface area contributed by atoms with Crippen LogP contribution >= 0.6 is 0 Å². The molecule has 0 saturated heterocycles. The molecule has 0 radical (unpaired) electrons. The number of aryl methyl sites for hydroxylation is 3. The van der Waals surface area contributed by atoms with Gasteiger partial charge in [0, 0.05) is 17.5 Å². The molecule has 1 amide bonds. The molecule has 4 nitrogen and oxygen atoms in total. The Hall–Kier alpha value is -3.27. The van der Waals surface area contributed by atoms with Gasteiger partial charge < -0.3 is 13.7 Å². The Morgan fingerprint density at radius 3 is 2.39 bits per heavy atom. The maximum Gasteiger partial charge on any atom is 0.290 e. The predicted octanol–water partition coefficient (Wildman–Crippen LogP) is 5.79. The highest BCUT2D eigenvalue weighted by atomic mass is 16.3. The highest BCUT2D eigenvalue weighted by Crippen LogP contribution is 2.29. The number of carbonyl (C=O) groups excluding carboxylic acids is 1. The van der Waals surface area contributed by atoms with Crippen LogP contribution in [0.5, 0.6) is 0 Å². The zero-order chi connectivity index (χ0) is 19.7. The lowest BCUT2D eigenvalue weighted by atomic mass is 10.0. The second-order valence-corrected chi connectivity index (χ2v) is 7.21. The quantitative estimate of drug-likeness (QED) is 0.444. The molecule has 0 bridgehead atoms. The van der Waals surface area contributed by atoms with Gasteiger partial charge in [-0.1, -0.05) is 30.3 Å². The number of fused-ring (bicyclic) bond motifs is 1. The van der Waals surface area contributed by atoms with E-state index in [-0.39, 0.29) is 5.91 Å². The second kappa shape index (κ2) is 7.39. The van der Waals surface area contributed by atoms with E-state index in [2.05, 4.69) is 13.0 Å². The molecule has 0 fully saturated rings. The first-order valence-corrected chi connectivity index (χ1v) is 9.39. The standard InChI is InChI=1S/C24H23NO3/c1-16-12-21-18(3)23(28-22(21)13-17(16)2)24(26)25(15-20-10-7-11-27-20)14-19-8-5-4-6-9-19/h4-13H,14-15H2,1-3H3. The maximum absolute atomic E-state index is 13.4. The molecule has 142 valence electrons. The summed E-state index contributed by atoms with van der Waals surface area (Å²) in [4.78, 5) is 15.2. The van der Waals surface area contributed by atoms with E-state index < -0.39 is 0 Å². The largest absolute Gasteiger partial charge is 0.467 e. The Kier molecular flexibility index (Phi) is 4.78. The Morgan fingerprint density at radius 2 is 1.68 bits per heavy atom. The van der Waals surface area contributed by atoms with Crippen LogP contribution < -0.4 is 0 Å². The van der Waals surface area contributed by atoms with E-state index in [4.69, 9.17) is 8.83 Å². The van der Waals surface area contributed by atoms with Crippen molar-refractivity contribution in [3.8, 4) is 0 Å². The van der Waals surface area contributed by atoms with E-state index in [9.17, 15) is 4.79 Å². The van der Waals surface area contributed by atoms with E-state index in [0.717, 1.165) is 33.4 Å². The number of carbonyl (C=O) groups is 1. The molecule has 4 aromatic rings. The predicted molar refractivity (Wildman–Crippen MR) is 109 cm³/mol. The number of furan rings is 2. The van der Waals surface area contributed by atoms with Gasteiger partial charge in [0.1, 0.15) is 11.3 Å². The van der Waals surface area contributed by atoms with Gasteiger partial charge in [-0.25, -0.2) is 0 Å². The van der Waals surface area contributed by atoms with Crippen LogP contribution in [0.15, 0.2) is 69.7 Å². The summed E-state index contributed by atoms with van der Waals surface area (Å²) < 4.78 is 11.5. The molecule has 0 aliphatic carbocycles. The number of hydrogen-bond acceptors (Lipinski definition) is 3. The molecule has 2 aromatic heterocycles. The summed E-state index contributed by atoms with van der Waals surface area (Å²) in [6.07, 6.45) is 1.62. The van der Waals surface area contributed by atoms with E-state index in [1.807, 2.05) is 62.4 Å². The van der Waals surface area contributed by atoms with Gasteiger partial charge >= 0.3 is 0 Å². The van der Waals surface area contributed by atoms with Crippen molar-refractivity contribution in [1.82, 2.24) is 4.90 Å². The topological polar surface area (TPSA) is 46.6 Å². The van der Waals surface area contributed by atoms with Crippen molar-refractivity contribution in [3.05, 3.63) is 94.6 Å². The molecule has 28 heavy (non-hydrogen) atoms. The number of nitrogens with zero attached hydrogens (tertiary/aromatic N) is 1. The van der Waals surface area contributed by atoms with Crippen LogP contribution in [0.4, 0.5) is 0 Å². The van der Waals surface area contributed by atoms with Gasteiger partial charge in [0.15, 0.2) is 5.76 Å². The van der Waals surface area contributed by atoms with Crippen molar-refractivity contribution >= 4 is 16.9 Å². The molecule has 2 heterocycles. The number of rotatable bonds is 5. The van der Waals surface area contributed by atoms with Crippen LogP contribution in [-0.2, 0) is 13.1 Å². The molecule has 0 aliphatic heterocycles. The van der Waals surface area contributed by atoms with Crippen LogP contribution in [0.25, 0.3) is 11.0 Å². The molecular formula is C24H23NO3. The van der Waals surface area contributed by atoms with Crippen molar-refractivity contribution in [2.75, 3.05) is 0 Å². The van der Waals surface area contributed by atoms with E-state index in [1.54, 1.807) is 11.2 Å². The summed E-state index contributed by atoms with van der Waals surface area (Å²) in [5, 5.41) is 0.990. The molecule has 2 aromatic carbocycles. The third-order valence-electron chi connectivity index (χ3n) is 5.18. The molecule has 0 atom stereocenters. The molecule has 4 heteroatoms. The average molecular weight is 373 g/mol. The lowest BCUT2D eigenvalue weighted by Crippen LogP contribution is -2.30. The monoisotopic (exact) mass is 373 g/mol. The van der Waals surface area contributed by atoms with Crippen molar-refractivity contribution in [3.63, 3.8) is 0 Å². The lowest BCUT2D eigenvalue weighted by Gasteiger charge is -2.21. The van der Waals surface area contributed by atoms with Crippen LogP contribution in [0.3, 0.4) is 0 Å². The Balaban J connectivity index is 1.72. The molecule has 0 spiro atoms. The lowest BCUT2D eigenvalue weighted by molar-refractivity contribution is 0.0686. The fraction of sp³-hybridized carbons (Fsp3) is 0.208. The number of hydrogen-bond donors (Lipinski definition) is 0. The van der Waals surface area contributed by atoms with E-state index in [0.29, 0.717) is 18.8 Å². The normalized spacial score (nSPS) is 11.1. The minimum atomic E-state index is -0.135. The average Bonchev–Trinajstić information content (AvgIpc) is 3.31. The highest BCUT2D eigenvalue weighted by molar-refractivity contribution is 5.99. The summed E-state index contributed by atoms with van der Waals surface area (Å²) in [5.41, 5.74) is 5.02. The molecule has 4 rings (SSSR count). The van der Waals surface area contributed by atoms with Crippen LogP contribution in [0.2, 0.25) is 0 Å². The molecule has 0 N–H and O–H groups in total. The van der Waals surface area contributed by atoms with E-state index >= 15 is 0 Å². The Labute approximate surface area is 164 Å². The summed E-state index contributed by atoms with van der Waals surface area (Å²) in [7, 11) is 0. The molecule has 0 saturated carbocycles. The zero-order valence-corrected chi connectivity index (χ0v) is 16.4. The summed E-state index contributed by atoms with van der Waals surface area (Å²) in [6, 6.07) is 17.8. The van der Waals surface area contributed by atoms with Gasteiger partial charge in [-0.05, 0) is 61.7 Å². The van der Waals surface area contributed by atoms with Gasteiger partial charge in [0.2, 0.25) is 0 Å². The van der Waals surface area contributed by atoms with Crippen LogP contribution in [-0.4, -0.2) is 10.8 Å². The Bertz CT molecular complexity index is 1110. The van der Waals surface area contributed by atoms with Crippen molar-refractivity contribution in [2.24, 2.45) is 0 Å². The van der Waals surface area contributed by atoms with Crippen LogP contribution in [0.1, 0.15) is 38.6 Å². The summed E-state index contributed by atoms with van der Waals surface area (Å²) in [5.74, 6) is 0.997. The first kappa shape index (κ1) is 18.1. The van der Waals surface area contributed by atoms with Crippen LogP contribution in [0, 0.1) is 20.8 Å². The number of benzene rings is 2. The SMILES string of the molecule is Cc1cc2oc(C(=O)N(Cc3ccccc3)Cc3ccco3)c(C)c2cc1C. The zero-order valence-electron chi connectivity index (χ0n) is 16.4. The smallest absolute Gasteiger partial charge is 0.290 e. The second-order valence-electron chi connectivity index (χ2n) is 7.21. The maximum atomic E-state index is 13.4. The minimum Gasteiger partial charge on any atom is -0.467 e. The first-order valence-electron chi connectivity index (χ1n) is 9.39. The summed E-state index contributed by atoms with van der Waals surface area (Å²) >= 11 is 0. The molecule has 0 unspecified atom stereocenters. The highest BCUT2D eigenvalue weighted by Gasteiger charge is 2.24. The van der Waals surface area contributed by atoms with Gasteiger partial charge in [0.25, 0.3) is 5.91 Å². The third kappa shape index (κ3) is 3.46. The fourth-order valence-electron chi connectivity index (χ4n) is 3.42. The van der Waals surface area contributed by atoms with Crippen molar-refractivity contribution in [2.45, 2.75) is 33.9 Å². The van der Waals surface area contributed by atoms with Gasteiger partial charge in [-0.15, -0.1) is 0 Å². The first-order chi connectivity index (χ1) is 13.5. The molecular weight excluding hydrogens is 350 g/mol. The fourth-order valence-corrected chi connectivity index (χ4v) is 3.42. The molecule has 0 aliphatic rings. The van der Waals surface area contributed by atoms with E-state index in [1.165, 1.54) is 5.56 Å². The number of amides is 1. The minimum absolute atomic E-state index is 0.135. The summed E-state index contributed by atoms with van der Waals surface area (Å²) in [6.45, 7) is 6.93. The Morgan fingerprint density at radius 1 is 0.929 bits per heavy atom.